The Labute approximate surface area is 255 Å². The molecule has 0 radical (unpaired) electrons. The molecule has 0 bridgehead atoms. The summed E-state index contributed by atoms with van der Waals surface area (Å²) >= 11 is 0. The largest absolute Gasteiger partial charge is 0.270 e. The Morgan fingerprint density at radius 1 is 0.574 bits per heavy atom. The number of aromatic nitrogens is 2. The van der Waals surface area contributed by atoms with E-state index in [0.717, 1.165) is 0 Å². The zero-order chi connectivity index (χ0) is 34.6. The van der Waals surface area contributed by atoms with Gasteiger partial charge in [0.1, 0.15) is 11.9 Å². The molecule has 0 aliphatic heterocycles. The predicted molar refractivity (Wildman–Crippen MR) is 139 cm³/mol. The Hall–Kier alpha value is -7.21. The molecule has 0 fully saturated rings. The monoisotopic (exact) mass is 644 g/mol. The number of hydrogen-bond acceptors (Lipinski definition) is 5. The average Bonchev–Trinajstić information content (AvgIpc) is 3.54. The highest BCUT2D eigenvalue weighted by Gasteiger charge is 2.43. The summed E-state index contributed by atoms with van der Waals surface area (Å²) in [7, 11) is 0. The van der Waals surface area contributed by atoms with Crippen molar-refractivity contribution >= 4 is 33.6 Å². The number of fused-ring (bicyclic) bond motifs is 2. The summed E-state index contributed by atoms with van der Waals surface area (Å²) in [6.07, 6.45) is 0. The number of pyridine rings is 2. The number of nitrogens with zero attached hydrogens (tertiary/aromatic N) is 8. The van der Waals surface area contributed by atoms with Crippen molar-refractivity contribution in [3.63, 3.8) is 0 Å². The standard InChI is InChI=1S/C30HF9N8/c1-43-11(6-41)16-13(19-22(32)27(36)46-28(37)23(19)33)10(5-40)8-4-9-15(21(31)14(8)16)17(12(7-42)44-2)18(26(9)45-3)20-24(34)29(38)47-30(39)25(20)35/h4H/b16-11-,17-12-. The number of hydrogen-bond donors (Lipinski definition) is 0. The van der Waals surface area contributed by atoms with Crippen LogP contribution in [-0.4, -0.2) is 9.97 Å². The number of halogens is 9. The number of allylic oxidation sites excluding steroid dienone is 7. The minimum Gasteiger partial charge on any atom is -0.237 e. The third-order valence-corrected chi connectivity index (χ3v) is 6.91. The molecule has 0 unspecified atom stereocenters. The van der Waals surface area contributed by atoms with Crippen LogP contribution in [-0.2, 0) is 0 Å². The molecule has 0 N–H and O–H groups in total. The van der Waals surface area contributed by atoms with E-state index in [9.17, 15) is 33.3 Å². The second-order valence-corrected chi connectivity index (χ2v) is 9.02. The van der Waals surface area contributed by atoms with Gasteiger partial charge in [0, 0.05) is 27.8 Å². The van der Waals surface area contributed by atoms with Gasteiger partial charge in [-0.05, 0) is 16.7 Å². The molecule has 8 nitrogen and oxygen atoms in total. The van der Waals surface area contributed by atoms with Crippen LogP contribution < -0.4 is 0 Å². The molecule has 3 aromatic rings. The van der Waals surface area contributed by atoms with E-state index >= 15 is 22.0 Å². The lowest BCUT2D eigenvalue weighted by atomic mass is 9.90. The van der Waals surface area contributed by atoms with E-state index < -0.39 is 131 Å². The van der Waals surface area contributed by atoms with Gasteiger partial charge in [-0.25, -0.2) is 47.0 Å². The molecular weight excluding hydrogens is 643 g/mol. The van der Waals surface area contributed by atoms with E-state index in [4.69, 9.17) is 19.7 Å². The lowest BCUT2D eigenvalue weighted by Gasteiger charge is -2.15. The number of nitriles is 3. The van der Waals surface area contributed by atoms with Crippen molar-refractivity contribution < 1.29 is 39.5 Å². The van der Waals surface area contributed by atoms with Crippen LogP contribution in [0.4, 0.5) is 39.5 Å². The van der Waals surface area contributed by atoms with Gasteiger partial charge >= 0.3 is 0 Å². The second kappa shape index (κ2) is 11.1. The fraction of sp³-hybridized carbons (Fsp3) is 0. The van der Waals surface area contributed by atoms with Crippen LogP contribution in [0.25, 0.3) is 48.1 Å². The first-order valence-electron chi connectivity index (χ1n) is 11.9. The summed E-state index contributed by atoms with van der Waals surface area (Å²) in [4.78, 5) is 13.5. The summed E-state index contributed by atoms with van der Waals surface area (Å²) in [6.45, 7) is 22.4. The molecule has 0 saturated heterocycles. The van der Waals surface area contributed by atoms with Crippen LogP contribution in [0, 0.1) is 107 Å². The topological polar surface area (TPSA) is 110 Å². The Morgan fingerprint density at radius 3 is 1.36 bits per heavy atom. The molecule has 0 spiro atoms. The van der Waals surface area contributed by atoms with Crippen molar-refractivity contribution in [2.45, 2.75) is 0 Å². The van der Waals surface area contributed by atoms with Crippen molar-refractivity contribution in [2.24, 2.45) is 0 Å². The summed E-state index contributed by atoms with van der Waals surface area (Å²) in [5.41, 5.74) is -16.3. The first kappa shape index (κ1) is 31.2. The normalized spacial score (nSPS) is 15.1. The Morgan fingerprint density at radius 2 is 0.979 bits per heavy atom. The van der Waals surface area contributed by atoms with Crippen LogP contribution >= 0.6 is 0 Å². The van der Waals surface area contributed by atoms with E-state index in [2.05, 4.69) is 24.5 Å². The molecule has 224 valence electrons. The van der Waals surface area contributed by atoms with E-state index in [1.165, 1.54) is 18.2 Å². The van der Waals surface area contributed by atoms with Gasteiger partial charge in [-0.2, -0.15) is 32.8 Å². The molecule has 0 amide bonds. The van der Waals surface area contributed by atoms with Crippen LogP contribution in [0.2, 0.25) is 0 Å². The van der Waals surface area contributed by atoms with Crippen LogP contribution in [0.3, 0.4) is 0 Å². The summed E-state index contributed by atoms with van der Waals surface area (Å²) in [5.74, 6) is -19.7. The Kier molecular flexibility index (Phi) is 7.34. The number of rotatable bonds is 2. The molecule has 0 saturated carbocycles. The highest BCUT2D eigenvalue weighted by atomic mass is 19.2. The highest BCUT2D eigenvalue weighted by molar-refractivity contribution is 6.29. The fourth-order valence-electron chi connectivity index (χ4n) is 5.17. The minimum atomic E-state index is -2.24. The molecule has 2 heterocycles. The van der Waals surface area contributed by atoms with Gasteiger partial charge < -0.3 is 0 Å². The molecule has 2 aliphatic carbocycles. The SMILES string of the molecule is [C-]#[N+]C1=C(c2c(F)c(F)nc(F)c2F)/C(=C(/C#N)[N+]#[C-])c2c1cc1c(c2F)/C(=C(/C#N)[N+]#[C-])C(c2c(F)c(F)nc(F)c2F)=C1C#N. The van der Waals surface area contributed by atoms with Crippen molar-refractivity contribution in [1.82, 2.24) is 9.97 Å². The Bertz CT molecular complexity index is 2210. The first-order chi connectivity index (χ1) is 22.3. The molecule has 2 aromatic heterocycles. The molecule has 47 heavy (non-hydrogen) atoms. The van der Waals surface area contributed by atoms with Gasteiger partial charge in [0.15, 0.2) is 23.3 Å². The molecule has 0 atom stereocenters. The highest BCUT2D eigenvalue weighted by Crippen LogP contribution is 2.57. The van der Waals surface area contributed by atoms with Gasteiger partial charge in [0.25, 0.3) is 35.2 Å². The minimum absolute atomic E-state index is 0.658. The lowest BCUT2D eigenvalue weighted by Crippen LogP contribution is -2.08. The van der Waals surface area contributed by atoms with Gasteiger partial charge in [0.05, 0.1) is 48.6 Å². The van der Waals surface area contributed by atoms with E-state index in [-0.39, 0.29) is 0 Å². The third kappa shape index (κ3) is 4.13. The van der Waals surface area contributed by atoms with Gasteiger partial charge in [-0.15, -0.1) is 0 Å². The summed E-state index contributed by atoms with van der Waals surface area (Å²) in [6, 6.07) is 4.65. The molecular formula is C30HF9N8. The molecule has 1 aromatic carbocycles. The van der Waals surface area contributed by atoms with Crippen LogP contribution in [0.5, 0.6) is 0 Å². The van der Waals surface area contributed by atoms with Gasteiger partial charge in [-0.3, -0.25) is 0 Å². The van der Waals surface area contributed by atoms with Crippen molar-refractivity contribution in [3.05, 3.63) is 138 Å². The maximum atomic E-state index is 16.9. The molecule has 5 rings (SSSR count). The van der Waals surface area contributed by atoms with Crippen molar-refractivity contribution in [2.75, 3.05) is 0 Å². The zero-order valence-electron chi connectivity index (χ0n) is 22.1. The maximum absolute atomic E-state index is 16.9. The molecule has 2 aliphatic rings. The van der Waals surface area contributed by atoms with Crippen molar-refractivity contribution in [1.29, 1.82) is 15.8 Å². The lowest BCUT2D eigenvalue weighted by molar-refractivity contribution is 0.404. The summed E-state index contributed by atoms with van der Waals surface area (Å²) in [5, 5.41) is 29.4. The fourth-order valence-corrected chi connectivity index (χ4v) is 5.17. The van der Waals surface area contributed by atoms with E-state index in [0.29, 0.717) is 6.07 Å². The van der Waals surface area contributed by atoms with Crippen LogP contribution in [0.15, 0.2) is 17.5 Å². The molecule has 17 heteroatoms. The van der Waals surface area contributed by atoms with Gasteiger partial charge in [-0.1, -0.05) is 6.07 Å². The maximum Gasteiger partial charge on any atom is 0.270 e. The van der Waals surface area contributed by atoms with Crippen molar-refractivity contribution in [3.8, 4) is 18.2 Å². The van der Waals surface area contributed by atoms with Crippen LogP contribution in [0.1, 0.15) is 33.4 Å². The average molecular weight is 644 g/mol. The smallest absolute Gasteiger partial charge is 0.237 e. The second-order valence-electron chi connectivity index (χ2n) is 9.02. The zero-order valence-corrected chi connectivity index (χ0v) is 22.1. The van der Waals surface area contributed by atoms with E-state index in [1.807, 2.05) is 0 Å². The third-order valence-electron chi connectivity index (χ3n) is 6.91. The first-order valence-corrected chi connectivity index (χ1v) is 11.9. The van der Waals surface area contributed by atoms with Gasteiger partial charge in [0.2, 0.25) is 5.70 Å². The Balaban J connectivity index is 2.07. The number of benzene rings is 1. The van der Waals surface area contributed by atoms with E-state index in [1.54, 1.807) is 0 Å². The quantitative estimate of drug-likeness (QED) is 0.126. The predicted octanol–water partition coefficient (Wildman–Crippen LogP) is 7.29. The summed E-state index contributed by atoms with van der Waals surface area (Å²) < 4.78 is 134.